The van der Waals surface area contributed by atoms with Gasteiger partial charge in [0.2, 0.25) is 0 Å². The van der Waals surface area contributed by atoms with E-state index in [-0.39, 0.29) is 7.92 Å². The molecule has 2 unspecified atom stereocenters. The third-order valence-electron chi connectivity index (χ3n) is 7.12. The van der Waals surface area contributed by atoms with Crippen molar-refractivity contribution in [2.24, 2.45) is 10.9 Å². The SMILES string of the molecule is CCCCCCCCCCC1CCP(CCCCCCCCCC)C1=Nc1ccccc1. The van der Waals surface area contributed by atoms with Crippen LogP contribution in [0, 0.1) is 5.92 Å². The predicted octanol–water partition coefficient (Wildman–Crippen LogP) is 10.9. The first kappa shape index (κ1) is 27.6. The molecular formula is C30H52NP. The topological polar surface area (TPSA) is 12.4 Å². The van der Waals surface area contributed by atoms with Crippen LogP contribution in [0.1, 0.15) is 129 Å². The van der Waals surface area contributed by atoms with Crippen LogP contribution in [-0.4, -0.2) is 17.8 Å². The molecule has 0 aromatic heterocycles. The van der Waals surface area contributed by atoms with Gasteiger partial charge in [0.05, 0.1) is 5.69 Å². The number of benzene rings is 1. The lowest BCUT2D eigenvalue weighted by Gasteiger charge is -2.16. The van der Waals surface area contributed by atoms with Crippen LogP contribution in [0.25, 0.3) is 0 Å². The molecular weight excluding hydrogens is 405 g/mol. The summed E-state index contributed by atoms with van der Waals surface area (Å²) in [5, 5.41) is 0. The Morgan fingerprint density at radius 3 is 1.81 bits per heavy atom. The Morgan fingerprint density at radius 2 is 1.22 bits per heavy atom. The van der Waals surface area contributed by atoms with E-state index < -0.39 is 0 Å². The molecule has 0 saturated carbocycles. The van der Waals surface area contributed by atoms with Crippen LogP contribution in [0.3, 0.4) is 0 Å². The maximum atomic E-state index is 5.26. The molecule has 2 rings (SSSR count). The summed E-state index contributed by atoms with van der Waals surface area (Å²) in [5.74, 6) is 0.774. The van der Waals surface area contributed by atoms with Gasteiger partial charge in [-0.25, -0.2) is 0 Å². The van der Waals surface area contributed by atoms with Gasteiger partial charge in [0.25, 0.3) is 0 Å². The Hall–Kier alpha value is -0.680. The van der Waals surface area contributed by atoms with Crippen LogP contribution >= 0.6 is 7.92 Å². The number of para-hydroxylation sites is 1. The van der Waals surface area contributed by atoms with E-state index in [1.807, 2.05) is 0 Å². The molecule has 0 radical (unpaired) electrons. The number of aliphatic imine (C=N–C) groups is 1. The number of hydrogen-bond donors (Lipinski definition) is 0. The molecule has 32 heavy (non-hydrogen) atoms. The Balaban J connectivity index is 1.74. The average Bonchev–Trinajstić information content (AvgIpc) is 3.19. The summed E-state index contributed by atoms with van der Waals surface area (Å²) in [5.41, 5.74) is 2.81. The van der Waals surface area contributed by atoms with Crippen molar-refractivity contribution in [2.45, 2.75) is 129 Å². The van der Waals surface area contributed by atoms with Crippen molar-refractivity contribution >= 4 is 19.1 Å². The second kappa shape index (κ2) is 18.7. The Morgan fingerprint density at radius 1 is 0.688 bits per heavy atom. The van der Waals surface area contributed by atoms with Crippen LogP contribution in [-0.2, 0) is 0 Å². The summed E-state index contributed by atoms with van der Waals surface area (Å²) in [6.07, 6.45) is 28.5. The van der Waals surface area contributed by atoms with Crippen molar-refractivity contribution in [3.8, 4) is 0 Å². The molecule has 0 bridgehead atoms. The maximum Gasteiger partial charge on any atom is 0.0633 e. The number of unbranched alkanes of at least 4 members (excludes halogenated alkanes) is 14. The van der Waals surface area contributed by atoms with Gasteiger partial charge in [0.1, 0.15) is 0 Å². The molecule has 0 amide bonds. The summed E-state index contributed by atoms with van der Waals surface area (Å²) >= 11 is 0. The molecule has 2 heteroatoms. The normalized spacial score (nSPS) is 19.8. The van der Waals surface area contributed by atoms with E-state index in [9.17, 15) is 0 Å². The molecule has 1 nitrogen and oxygen atoms in total. The van der Waals surface area contributed by atoms with Crippen molar-refractivity contribution in [3.63, 3.8) is 0 Å². The molecule has 1 saturated heterocycles. The van der Waals surface area contributed by atoms with Crippen molar-refractivity contribution < 1.29 is 0 Å². The minimum Gasteiger partial charge on any atom is -0.253 e. The summed E-state index contributed by atoms with van der Waals surface area (Å²) in [7, 11) is 0.0138. The highest BCUT2D eigenvalue weighted by molar-refractivity contribution is 7.75. The number of nitrogens with zero attached hydrogens (tertiary/aromatic N) is 1. The average molecular weight is 458 g/mol. The molecule has 1 fully saturated rings. The zero-order valence-corrected chi connectivity index (χ0v) is 22.4. The standard InChI is InChI=1S/C30H52NP/c1-3-5-7-9-11-13-15-18-22-28-25-27-32(26-21-16-14-12-10-8-6-4-2)30(28)31-29-23-19-17-20-24-29/h17,19-20,23-24,28H,3-16,18,21-22,25-27H2,1-2H3. The quantitative estimate of drug-likeness (QED) is 0.145. The summed E-state index contributed by atoms with van der Waals surface area (Å²) in [6.45, 7) is 4.61. The number of rotatable bonds is 19. The second-order valence-electron chi connectivity index (χ2n) is 10.0. The lowest BCUT2D eigenvalue weighted by molar-refractivity contribution is 0.528. The molecule has 182 valence electrons. The molecule has 1 aliphatic rings. The van der Waals surface area contributed by atoms with E-state index in [0.29, 0.717) is 0 Å². The molecule has 2 atom stereocenters. The third-order valence-corrected chi connectivity index (χ3v) is 9.89. The van der Waals surface area contributed by atoms with E-state index in [2.05, 4.69) is 44.2 Å². The van der Waals surface area contributed by atoms with Crippen LogP contribution < -0.4 is 0 Å². The highest BCUT2D eigenvalue weighted by atomic mass is 31.1. The van der Waals surface area contributed by atoms with E-state index in [4.69, 9.17) is 4.99 Å². The van der Waals surface area contributed by atoms with Gasteiger partial charge in [-0.3, -0.25) is 4.99 Å². The predicted molar refractivity (Wildman–Crippen MR) is 148 cm³/mol. The largest absolute Gasteiger partial charge is 0.253 e. The van der Waals surface area contributed by atoms with Crippen molar-refractivity contribution in [1.29, 1.82) is 0 Å². The van der Waals surface area contributed by atoms with Crippen LogP contribution in [0.5, 0.6) is 0 Å². The van der Waals surface area contributed by atoms with Gasteiger partial charge in [-0.05, 0) is 43.7 Å². The van der Waals surface area contributed by atoms with E-state index in [1.165, 1.54) is 134 Å². The monoisotopic (exact) mass is 457 g/mol. The van der Waals surface area contributed by atoms with Gasteiger partial charge in [-0.1, -0.05) is 136 Å². The van der Waals surface area contributed by atoms with Gasteiger partial charge < -0.3 is 0 Å². The Labute approximate surface area is 202 Å². The molecule has 0 N–H and O–H groups in total. The zero-order valence-electron chi connectivity index (χ0n) is 21.5. The van der Waals surface area contributed by atoms with Gasteiger partial charge >= 0.3 is 0 Å². The molecule has 1 aromatic rings. The number of hydrogen-bond acceptors (Lipinski definition) is 1. The third kappa shape index (κ3) is 12.0. The minimum absolute atomic E-state index is 0.0138. The fraction of sp³-hybridized carbons (Fsp3) is 0.767. The summed E-state index contributed by atoms with van der Waals surface area (Å²) in [4.78, 5) is 5.26. The van der Waals surface area contributed by atoms with Crippen molar-refractivity contribution in [2.75, 3.05) is 12.3 Å². The van der Waals surface area contributed by atoms with Crippen LogP contribution in [0.15, 0.2) is 35.3 Å². The second-order valence-corrected chi connectivity index (χ2v) is 12.4. The van der Waals surface area contributed by atoms with E-state index in [0.717, 1.165) is 5.92 Å². The Kier molecular flexibility index (Phi) is 16.1. The highest BCUT2D eigenvalue weighted by Gasteiger charge is 2.30. The fourth-order valence-electron chi connectivity index (χ4n) is 5.07. The summed E-state index contributed by atoms with van der Waals surface area (Å²) < 4.78 is 0. The molecule has 0 aliphatic carbocycles. The first-order chi connectivity index (χ1) is 15.8. The molecule has 1 heterocycles. The molecule has 0 spiro atoms. The zero-order chi connectivity index (χ0) is 22.7. The van der Waals surface area contributed by atoms with Crippen molar-refractivity contribution in [1.82, 2.24) is 0 Å². The van der Waals surface area contributed by atoms with Crippen LogP contribution in [0.4, 0.5) is 5.69 Å². The van der Waals surface area contributed by atoms with E-state index in [1.54, 1.807) is 5.45 Å². The Bertz CT molecular complexity index is 552. The first-order valence-corrected chi connectivity index (χ1v) is 15.9. The molecule has 1 aromatic carbocycles. The fourth-order valence-corrected chi connectivity index (χ4v) is 8.01. The summed E-state index contributed by atoms with van der Waals surface area (Å²) in [6, 6.07) is 10.8. The maximum absolute atomic E-state index is 5.26. The van der Waals surface area contributed by atoms with Gasteiger partial charge in [-0.2, -0.15) is 0 Å². The van der Waals surface area contributed by atoms with Gasteiger partial charge in [0.15, 0.2) is 0 Å². The lowest BCUT2D eigenvalue weighted by atomic mass is 9.98. The smallest absolute Gasteiger partial charge is 0.0633 e. The van der Waals surface area contributed by atoms with Crippen LogP contribution in [0.2, 0.25) is 0 Å². The first-order valence-electron chi connectivity index (χ1n) is 14.2. The molecule has 1 aliphatic heterocycles. The van der Waals surface area contributed by atoms with Crippen molar-refractivity contribution in [3.05, 3.63) is 30.3 Å². The van der Waals surface area contributed by atoms with E-state index >= 15 is 0 Å². The van der Waals surface area contributed by atoms with Gasteiger partial charge in [0, 0.05) is 11.4 Å². The van der Waals surface area contributed by atoms with Gasteiger partial charge in [-0.15, -0.1) is 0 Å². The lowest BCUT2D eigenvalue weighted by Crippen LogP contribution is -2.07. The highest BCUT2D eigenvalue weighted by Crippen LogP contribution is 2.51. The minimum atomic E-state index is 0.0138.